The third-order valence-corrected chi connectivity index (χ3v) is 6.02. The van der Waals surface area contributed by atoms with Crippen LogP contribution >= 0.6 is 0 Å². The molecule has 3 aliphatic rings. The zero-order valence-corrected chi connectivity index (χ0v) is 18.7. The molecule has 2 aliphatic heterocycles. The third-order valence-electron chi connectivity index (χ3n) is 6.02. The van der Waals surface area contributed by atoms with Gasteiger partial charge in [-0.15, -0.1) is 0 Å². The molecule has 4 rings (SSSR count). The molecule has 1 atom stereocenters. The lowest BCUT2D eigenvalue weighted by molar-refractivity contribution is -0.130. The summed E-state index contributed by atoms with van der Waals surface area (Å²) >= 11 is 0. The molecule has 1 aliphatic carbocycles. The van der Waals surface area contributed by atoms with E-state index in [1.807, 2.05) is 13.1 Å². The largest absolute Gasteiger partial charge is 0.369 e. The second-order valence-corrected chi connectivity index (χ2v) is 8.60. The SMILES string of the molecule is CN1CCCC(=O)N(C)CCCNc2ncnc3c2/C(=C/NC2=CC=CC(C2)C1)C(=O)N3. The summed E-state index contributed by atoms with van der Waals surface area (Å²) in [7, 11) is 3.96. The summed E-state index contributed by atoms with van der Waals surface area (Å²) < 4.78 is 0. The van der Waals surface area contributed by atoms with Crippen molar-refractivity contribution in [3.05, 3.63) is 42.0 Å². The van der Waals surface area contributed by atoms with Crippen molar-refractivity contribution < 1.29 is 9.59 Å². The number of rotatable bonds is 0. The highest BCUT2D eigenvalue weighted by Gasteiger charge is 2.29. The van der Waals surface area contributed by atoms with Gasteiger partial charge in [-0.3, -0.25) is 9.59 Å². The molecule has 1 aromatic heterocycles. The summed E-state index contributed by atoms with van der Waals surface area (Å²) in [6.45, 7) is 3.11. The zero-order chi connectivity index (χ0) is 22.5. The molecule has 1 aromatic rings. The molecule has 9 nitrogen and oxygen atoms in total. The summed E-state index contributed by atoms with van der Waals surface area (Å²) in [6.07, 6.45) is 12.6. The minimum atomic E-state index is -0.199. The van der Waals surface area contributed by atoms with Gasteiger partial charge in [0.05, 0.1) is 11.1 Å². The Hall–Kier alpha value is -3.20. The van der Waals surface area contributed by atoms with E-state index in [1.54, 1.807) is 11.1 Å². The lowest BCUT2D eigenvalue weighted by Gasteiger charge is -2.25. The molecule has 0 spiro atoms. The number of nitrogens with zero attached hydrogens (tertiary/aromatic N) is 4. The van der Waals surface area contributed by atoms with Crippen LogP contribution in [-0.4, -0.2) is 71.9 Å². The number of allylic oxidation sites excluding steroid dienone is 3. The molecule has 3 heterocycles. The van der Waals surface area contributed by atoms with Crippen LogP contribution in [0.5, 0.6) is 0 Å². The van der Waals surface area contributed by atoms with Crippen molar-refractivity contribution in [1.82, 2.24) is 25.1 Å². The number of nitrogens with one attached hydrogen (secondary N) is 3. The van der Waals surface area contributed by atoms with Crippen LogP contribution in [0.15, 0.2) is 36.5 Å². The second kappa shape index (κ2) is 9.95. The number of hydrogen-bond acceptors (Lipinski definition) is 7. The number of carbonyl (C=O) groups excluding carboxylic acids is 2. The van der Waals surface area contributed by atoms with Gasteiger partial charge in [-0.25, -0.2) is 9.97 Å². The first kappa shape index (κ1) is 22.0. The topological polar surface area (TPSA) is 102 Å². The first-order valence-corrected chi connectivity index (χ1v) is 11.2. The van der Waals surface area contributed by atoms with Crippen LogP contribution in [0.25, 0.3) is 5.57 Å². The Kier molecular flexibility index (Phi) is 6.84. The molecule has 32 heavy (non-hydrogen) atoms. The Bertz CT molecular complexity index is 969. The van der Waals surface area contributed by atoms with Gasteiger partial charge in [-0.2, -0.15) is 0 Å². The smallest absolute Gasteiger partial charge is 0.259 e. The number of hydrogen-bond donors (Lipinski definition) is 3. The summed E-state index contributed by atoms with van der Waals surface area (Å²) in [6, 6.07) is 0. The maximum absolute atomic E-state index is 12.6. The van der Waals surface area contributed by atoms with Gasteiger partial charge in [-0.05, 0) is 44.8 Å². The van der Waals surface area contributed by atoms with Gasteiger partial charge in [-0.1, -0.05) is 12.2 Å². The fourth-order valence-electron chi connectivity index (χ4n) is 4.27. The third kappa shape index (κ3) is 5.16. The van der Waals surface area contributed by atoms with E-state index in [9.17, 15) is 9.59 Å². The van der Waals surface area contributed by atoms with Crippen LogP contribution in [0.1, 0.15) is 31.2 Å². The number of amides is 2. The predicted molar refractivity (Wildman–Crippen MR) is 125 cm³/mol. The lowest BCUT2D eigenvalue weighted by atomic mass is 9.97. The Labute approximate surface area is 188 Å². The van der Waals surface area contributed by atoms with Crippen molar-refractivity contribution in [2.45, 2.75) is 25.7 Å². The number of fused-ring (bicyclic) bond motifs is 2. The molecule has 0 aromatic carbocycles. The zero-order valence-electron chi connectivity index (χ0n) is 18.7. The van der Waals surface area contributed by atoms with Gasteiger partial charge < -0.3 is 25.8 Å². The van der Waals surface area contributed by atoms with Crippen molar-refractivity contribution in [1.29, 1.82) is 0 Å². The first-order valence-electron chi connectivity index (χ1n) is 11.2. The second-order valence-electron chi connectivity index (χ2n) is 8.60. The summed E-state index contributed by atoms with van der Waals surface area (Å²) in [5, 5.41) is 9.46. The molecule has 0 fully saturated rings. The highest BCUT2D eigenvalue weighted by atomic mass is 16.2. The van der Waals surface area contributed by atoms with Gasteiger partial charge >= 0.3 is 0 Å². The number of aromatic nitrogens is 2. The van der Waals surface area contributed by atoms with Crippen molar-refractivity contribution in [3.8, 4) is 0 Å². The summed E-state index contributed by atoms with van der Waals surface area (Å²) in [5.41, 5.74) is 2.24. The average molecular weight is 438 g/mol. The molecule has 3 N–H and O–H groups in total. The molecule has 2 bridgehead atoms. The highest BCUT2D eigenvalue weighted by Crippen LogP contribution is 2.34. The van der Waals surface area contributed by atoms with Gasteiger partial charge in [0.25, 0.3) is 5.91 Å². The van der Waals surface area contributed by atoms with E-state index < -0.39 is 0 Å². The van der Waals surface area contributed by atoms with E-state index in [0.29, 0.717) is 48.2 Å². The van der Waals surface area contributed by atoms with Crippen LogP contribution in [0, 0.1) is 5.92 Å². The van der Waals surface area contributed by atoms with Crippen LogP contribution in [0.2, 0.25) is 0 Å². The lowest BCUT2D eigenvalue weighted by Crippen LogP contribution is -2.31. The van der Waals surface area contributed by atoms with E-state index in [-0.39, 0.29) is 11.8 Å². The predicted octanol–water partition coefficient (Wildman–Crippen LogP) is 1.81. The minimum absolute atomic E-state index is 0.172. The Morgan fingerprint density at radius 2 is 1.94 bits per heavy atom. The van der Waals surface area contributed by atoms with Crippen LogP contribution in [0.4, 0.5) is 11.6 Å². The Morgan fingerprint density at radius 1 is 1.09 bits per heavy atom. The molecule has 1 unspecified atom stereocenters. The van der Waals surface area contributed by atoms with Gasteiger partial charge in [0.1, 0.15) is 18.0 Å². The Morgan fingerprint density at radius 3 is 2.81 bits per heavy atom. The van der Waals surface area contributed by atoms with Crippen LogP contribution in [0.3, 0.4) is 0 Å². The highest BCUT2D eigenvalue weighted by molar-refractivity contribution is 6.32. The monoisotopic (exact) mass is 437 g/mol. The van der Waals surface area contributed by atoms with E-state index in [4.69, 9.17) is 0 Å². The van der Waals surface area contributed by atoms with Crippen molar-refractivity contribution in [2.24, 2.45) is 5.92 Å². The molecule has 0 radical (unpaired) electrons. The van der Waals surface area contributed by atoms with Crippen LogP contribution < -0.4 is 16.0 Å². The number of anilines is 2. The maximum Gasteiger partial charge on any atom is 0.259 e. The van der Waals surface area contributed by atoms with Crippen LogP contribution in [-0.2, 0) is 9.59 Å². The van der Waals surface area contributed by atoms with E-state index in [1.165, 1.54) is 6.33 Å². The fraction of sp³-hybridized carbons (Fsp3) is 0.478. The van der Waals surface area contributed by atoms with Gasteiger partial charge in [0.2, 0.25) is 5.91 Å². The first-order chi connectivity index (χ1) is 15.5. The molecule has 2 amide bonds. The maximum atomic E-state index is 12.6. The van der Waals surface area contributed by atoms with Gasteiger partial charge in [0, 0.05) is 45.0 Å². The van der Waals surface area contributed by atoms with E-state index >= 15 is 0 Å². The molecular weight excluding hydrogens is 406 g/mol. The minimum Gasteiger partial charge on any atom is -0.369 e. The molecular formula is C23H31N7O2. The van der Waals surface area contributed by atoms with Crippen molar-refractivity contribution in [3.63, 3.8) is 0 Å². The van der Waals surface area contributed by atoms with Crippen molar-refractivity contribution >= 4 is 29.0 Å². The van der Waals surface area contributed by atoms with Gasteiger partial charge in [0.15, 0.2) is 0 Å². The summed E-state index contributed by atoms with van der Waals surface area (Å²) in [4.78, 5) is 37.7. The normalized spacial score (nSPS) is 24.6. The molecule has 170 valence electrons. The molecule has 9 heteroatoms. The quantitative estimate of drug-likeness (QED) is 0.569. The van der Waals surface area contributed by atoms with E-state index in [0.717, 1.165) is 38.0 Å². The fourth-order valence-corrected chi connectivity index (χ4v) is 4.27. The van der Waals surface area contributed by atoms with E-state index in [2.05, 4.69) is 50.0 Å². The standard InChI is InChI=1S/C23H31N7O2/c1-29-10-4-8-19(31)30(2)11-5-9-24-21-20-18(23(32)28-22(20)27-15-26-21)13-25-17-7-3-6-16(12-17)14-29/h3,6-7,13,15-16,25H,4-5,8-12,14H2,1-2H3,(H2,24,26,27,28,32)/b18-13-. The van der Waals surface area contributed by atoms with Crippen molar-refractivity contribution in [2.75, 3.05) is 50.9 Å². The average Bonchev–Trinajstić information content (AvgIpc) is 3.10. The molecule has 0 saturated carbocycles. The molecule has 0 saturated heterocycles. The number of carbonyl (C=O) groups is 2. The Balaban J connectivity index is 1.57. The summed E-state index contributed by atoms with van der Waals surface area (Å²) in [5.74, 6) is 1.47.